The Kier molecular flexibility index (Phi) is 3.19. The second-order valence-corrected chi connectivity index (χ2v) is 4.87. The zero-order valence-corrected chi connectivity index (χ0v) is 11.4. The number of nitrogens with zero attached hydrogens (tertiary/aromatic N) is 1. The molecule has 2 aromatic carbocycles. The lowest BCUT2D eigenvalue weighted by Gasteiger charge is -2.21. The number of carbonyl (C=O) groups is 2. The van der Waals surface area contributed by atoms with Gasteiger partial charge in [0.25, 0.3) is 5.91 Å². The SMILES string of the molecule is CC(=O)Nc1cccc(N2C(=O)c3ccccc3C2O)c1. The largest absolute Gasteiger partial charge is 0.369 e. The van der Waals surface area contributed by atoms with E-state index in [1.165, 1.54) is 11.8 Å². The highest BCUT2D eigenvalue weighted by Gasteiger charge is 2.36. The molecule has 21 heavy (non-hydrogen) atoms. The molecule has 2 N–H and O–H groups in total. The molecule has 0 aliphatic carbocycles. The van der Waals surface area contributed by atoms with E-state index in [9.17, 15) is 14.7 Å². The zero-order chi connectivity index (χ0) is 15.0. The van der Waals surface area contributed by atoms with Crippen LogP contribution in [0.15, 0.2) is 48.5 Å². The number of hydrogen-bond acceptors (Lipinski definition) is 3. The second-order valence-electron chi connectivity index (χ2n) is 4.87. The van der Waals surface area contributed by atoms with Crippen molar-refractivity contribution in [1.29, 1.82) is 0 Å². The predicted molar refractivity (Wildman–Crippen MR) is 79.0 cm³/mol. The number of nitrogens with one attached hydrogen (secondary N) is 1. The molecule has 1 aliphatic rings. The van der Waals surface area contributed by atoms with Gasteiger partial charge in [0.15, 0.2) is 6.23 Å². The molecule has 0 fully saturated rings. The minimum Gasteiger partial charge on any atom is -0.369 e. The van der Waals surface area contributed by atoms with E-state index in [1.807, 2.05) is 0 Å². The summed E-state index contributed by atoms with van der Waals surface area (Å²) in [6, 6.07) is 13.8. The molecular weight excluding hydrogens is 268 g/mol. The van der Waals surface area contributed by atoms with Crippen molar-refractivity contribution in [2.45, 2.75) is 13.2 Å². The molecule has 0 bridgehead atoms. The van der Waals surface area contributed by atoms with Crippen LogP contribution in [-0.2, 0) is 4.79 Å². The van der Waals surface area contributed by atoms with Gasteiger partial charge in [-0.05, 0) is 24.3 Å². The predicted octanol–water partition coefficient (Wildman–Crippen LogP) is 2.30. The van der Waals surface area contributed by atoms with Gasteiger partial charge in [0, 0.05) is 29.4 Å². The number of carbonyl (C=O) groups excluding carboxylic acids is 2. The Morgan fingerprint density at radius 2 is 1.95 bits per heavy atom. The maximum absolute atomic E-state index is 12.4. The fourth-order valence-corrected chi connectivity index (χ4v) is 2.49. The minimum absolute atomic E-state index is 0.191. The summed E-state index contributed by atoms with van der Waals surface area (Å²) in [7, 11) is 0. The van der Waals surface area contributed by atoms with Crippen LogP contribution in [0.5, 0.6) is 0 Å². The zero-order valence-electron chi connectivity index (χ0n) is 11.4. The van der Waals surface area contributed by atoms with E-state index in [0.717, 1.165) is 0 Å². The van der Waals surface area contributed by atoms with E-state index in [-0.39, 0.29) is 11.8 Å². The van der Waals surface area contributed by atoms with Gasteiger partial charge >= 0.3 is 0 Å². The van der Waals surface area contributed by atoms with Crippen molar-refractivity contribution in [3.63, 3.8) is 0 Å². The van der Waals surface area contributed by atoms with Gasteiger partial charge in [0.2, 0.25) is 5.91 Å². The van der Waals surface area contributed by atoms with Gasteiger partial charge in [-0.3, -0.25) is 14.5 Å². The molecule has 1 heterocycles. The Morgan fingerprint density at radius 3 is 2.67 bits per heavy atom. The lowest BCUT2D eigenvalue weighted by Crippen LogP contribution is -2.27. The van der Waals surface area contributed by atoms with E-state index in [1.54, 1.807) is 48.5 Å². The third-order valence-electron chi connectivity index (χ3n) is 3.38. The molecule has 0 saturated heterocycles. The topological polar surface area (TPSA) is 69.6 Å². The van der Waals surface area contributed by atoms with Gasteiger partial charge in [0.05, 0.1) is 0 Å². The van der Waals surface area contributed by atoms with Gasteiger partial charge in [-0.25, -0.2) is 0 Å². The van der Waals surface area contributed by atoms with E-state index in [2.05, 4.69) is 5.32 Å². The summed E-state index contributed by atoms with van der Waals surface area (Å²) < 4.78 is 0. The molecule has 0 saturated carbocycles. The van der Waals surface area contributed by atoms with Gasteiger partial charge in [-0.2, -0.15) is 0 Å². The third-order valence-corrected chi connectivity index (χ3v) is 3.38. The Hall–Kier alpha value is -2.66. The molecule has 2 aromatic rings. The first-order chi connectivity index (χ1) is 10.1. The van der Waals surface area contributed by atoms with Crippen molar-refractivity contribution in [1.82, 2.24) is 0 Å². The summed E-state index contributed by atoms with van der Waals surface area (Å²) >= 11 is 0. The quantitative estimate of drug-likeness (QED) is 0.888. The van der Waals surface area contributed by atoms with Crippen LogP contribution in [0.1, 0.15) is 29.1 Å². The number of rotatable bonds is 2. The molecule has 5 heteroatoms. The summed E-state index contributed by atoms with van der Waals surface area (Å²) in [5.74, 6) is -0.443. The van der Waals surface area contributed by atoms with Crippen LogP contribution in [0, 0.1) is 0 Å². The van der Waals surface area contributed by atoms with Crippen LogP contribution in [0.3, 0.4) is 0 Å². The molecule has 1 atom stereocenters. The highest BCUT2D eigenvalue weighted by molar-refractivity contribution is 6.11. The second kappa shape index (κ2) is 5.03. The molecule has 3 rings (SSSR count). The van der Waals surface area contributed by atoms with Crippen molar-refractivity contribution in [2.24, 2.45) is 0 Å². The van der Waals surface area contributed by atoms with Crippen LogP contribution in [0.25, 0.3) is 0 Å². The molecule has 0 radical (unpaired) electrons. The van der Waals surface area contributed by atoms with Gasteiger partial charge in [-0.15, -0.1) is 0 Å². The Morgan fingerprint density at radius 1 is 1.19 bits per heavy atom. The molecule has 0 spiro atoms. The standard InChI is InChI=1S/C16H14N2O3/c1-10(19)17-11-5-4-6-12(9-11)18-15(20)13-7-2-3-8-14(13)16(18)21/h2-9,15,20H,1H3,(H,17,19). The Balaban J connectivity index is 1.99. The summed E-state index contributed by atoms with van der Waals surface area (Å²) in [5.41, 5.74) is 2.20. The lowest BCUT2D eigenvalue weighted by atomic mass is 10.1. The molecular formula is C16H14N2O3. The van der Waals surface area contributed by atoms with Crippen molar-refractivity contribution < 1.29 is 14.7 Å². The van der Waals surface area contributed by atoms with E-state index >= 15 is 0 Å². The van der Waals surface area contributed by atoms with Crippen molar-refractivity contribution in [2.75, 3.05) is 10.2 Å². The van der Waals surface area contributed by atoms with Crippen LogP contribution >= 0.6 is 0 Å². The van der Waals surface area contributed by atoms with Crippen molar-refractivity contribution >= 4 is 23.2 Å². The maximum Gasteiger partial charge on any atom is 0.261 e. The highest BCUT2D eigenvalue weighted by atomic mass is 16.3. The van der Waals surface area contributed by atoms with E-state index in [4.69, 9.17) is 0 Å². The first kappa shape index (κ1) is 13.3. The molecule has 2 amide bonds. The number of hydrogen-bond donors (Lipinski definition) is 2. The fourth-order valence-electron chi connectivity index (χ4n) is 2.49. The smallest absolute Gasteiger partial charge is 0.261 e. The number of fused-ring (bicyclic) bond motifs is 1. The molecule has 5 nitrogen and oxygen atoms in total. The third kappa shape index (κ3) is 2.28. The summed E-state index contributed by atoms with van der Waals surface area (Å²) in [6.07, 6.45) is -1.01. The van der Waals surface area contributed by atoms with E-state index in [0.29, 0.717) is 22.5 Å². The lowest BCUT2D eigenvalue weighted by molar-refractivity contribution is -0.114. The maximum atomic E-state index is 12.4. The number of benzene rings is 2. The van der Waals surface area contributed by atoms with Crippen LogP contribution < -0.4 is 10.2 Å². The summed E-state index contributed by atoms with van der Waals surface area (Å²) in [5, 5.41) is 13.0. The average molecular weight is 282 g/mol. The number of aliphatic hydroxyl groups is 1. The van der Waals surface area contributed by atoms with Crippen LogP contribution in [0.4, 0.5) is 11.4 Å². The van der Waals surface area contributed by atoms with Gasteiger partial charge < -0.3 is 10.4 Å². The van der Waals surface area contributed by atoms with Crippen molar-refractivity contribution in [3.8, 4) is 0 Å². The van der Waals surface area contributed by atoms with E-state index < -0.39 is 6.23 Å². The van der Waals surface area contributed by atoms with Gasteiger partial charge in [0.1, 0.15) is 0 Å². The number of anilines is 2. The summed E-state index contributed by atoms with van der Waals surface area (Å²) in [4.78, 5) is 24.8. The molecule has 0 aromatic heterocycles. The number of aliphatic hydroxyl groups excluding tert-OH is 1. The first-order valence-corrected chi connectivity index (χ1v) is 6.56. The Labute approximate surface area is 121 Å². The highest BCUT2D eigenvalue weighted by Crippen LogP contribution is 2.36. The molecule has 106 valence electrons. The van der Waals surface area contributed by atoms with Crippen molar-refractivity contribution in [3.05, 3.63) is 59.7 Å². The van der Waals surface area contributed by atoms with Crippen LogP contribution in [0.2, 0.25) is 0 Å². The average Bonchev–Trinajstić information content (AvgIpc) is 2.71. The summed E-state index contributed by atoms with van der Waals surface area (Å²) in [6.45, 7) is 1.42. The Bertz CT molecular complexity index is 727. The normalized spacial score (nSPS) is 16.8. The monoisotopic (exact) mass is 282 g/mol. The van der Waals surface area contributed by atoms with Crippen LogP contribution in [-0.4, -0.2) is 16.9 Å². The molecule has 1 aliphatic heterocycles. The fraction of sp³-hybridized carbons (Fsp3) is 0.125. The number of amides is 2. The van der Waals surface area contributed by atoms with Gasteiger partial charge in [-0.1, -0.05) is 24.3 Å². The first-order valence-electron chi connectivity index (χ1n) is 6.56. The molecule has 1 unspecified atom stereocenters. The minimum atomic E-state index is -1.01.